The molecule has 3 unspecified atom stereocenters. The molecule has 3 atom stereocenters. The van der Waals surface area contributed by atoms with Crippen molar-refractivity contribution in [1.82, 2.24) is 10.6 Å². The van der Waals surface area contributed by atoms with Crippen LogP contribution in [0.1, 0.15) is 46.1 Å². The van der Waals surface area contributed by atoms with Gasteiger partial charge in [0.25, 0.3) is 0 Å². The summed E-state index contributed by atoms with van der Waals surface area (Å²) in [7, 11) is 0. The van der Waals surface area contributed by atoms with Crippen LogP contribution in [0.15, 0.2) is 54.3 Å². The Morgan fingerprint density at radius 1 is 1.03 bits per heavy atom. The summed E-state index contributed by atoms with van der Waals surface area (Å²) in [5, 5.41) is 16.0. The number of allylic oxidation sites excluding steroid dienone is 1. The van der Waals surface area contributed by atoms with Crippen molar-refractivity contribution < 1.29 is 29.0 Å². The average Bonchev–Trinajstić information content (AvgIpc) is 2.80. The van der Waals surface area contributed by atoms with E-state index in [0.29, 0.717) is 13.1 Å². The van der Waals surface area contributed by atoms with Crippen LogP contribution in [0.3, 0.4) is 0 Å². The maximum Gasteiger partial charge on any atom is 0.311 e. The van der Waals surface area contributed by atoms with E-state index >= 15 is 0 Å². The summed E-state index contributed by atoms with van der Waals surface area (Å²) >= 11 is 6.62. The van der Waals surface area contributed by atoms with Crippen LogP contribution in [0.2, 0.25) is 0 Å². The van der Waals surface area contributed by atoms with E-state index in [1.54, 1.807) is 0 Å². The molecule has 1 aromatic carbocycles. The largest absolute Gasteiger partial charge is 0.450 e. The highest BCUT2D eigenvalue weighted by molar-refractivity contribution is 8.93. The molecule has 10 heteroatoms. The number of carbonyl (C=O) groups excluding carboxylic acids is 3. The highest BCUT2D eigenvalue weighted by Crippen LogP contribution is 2.34. The average molecular weight is 616 g/mol. The molecule has 0 aliphatic heterocycles. The van der Waals surface area contributed by atoms with Crippen LogP contribution in [-0.2, 0) is 30.3 Å². The molecular weight excluding hydrogens is 576 g/mol. The minimum absolute atomic E-state index is 0. The van der Waals surface area contributed by atoms with Gasteiger partial charge in [-0.15, -0.1) is 28.6 Å². The summed E-state index contributed by atoms with van der Waals surface area (Å²) in [6.07, 6.45) is 3.94. The summed E-state index contributed by atoms with van der Waals surface area (Å²) in [5.74, 6) is -0.555. The lowest BCUT2D eigenvalue weighted by molar-refractivity contribution is -0.165. The van der Waals surface area contributed by atoms with E-state index < -0.39 is 29.0 Å². The third-order valence-corrected chi connectivity index (χ3v) is 6.08. The minimum atomic E-state index is -1.55. The fraction of sp³-hybridized carbons (Fsp3) is 0.536. The molecule has 3 N–H and O–H groups in total. The van der Waals surface area contributed by atoms with Crippen molar-refractivity contribution in [2.75, 3.05) is 19.6 Å². The molecule has 0 radical (unpaired) electrons. The van der Waals surface area contributed by atoms with E-state index in [2.05, 4.69) is 10.6 Å². The second-order valence-corrected chi connectivity index (χ2v) is 10.5. The van der Waals surface area contributed by atoms with Crippen LogP contribution in [-0.4, -0.2) is 59.7 Å². The van der Waals surface area contributed by atoms with Gasteiger partial charge in [0.1, 0.15) is 17.2 Å². The first-order valence-electron chi connectivity index (χ1n) is 12.7. The van der Waals surface area contributed by atoms with Gasteiger partial charge in [0.15, 0.2) is 5.60 Å². The van der Waals surface area contributed by atoms with E-state index in [9.17, 15) is 19.5 Å². The molecule has 1 aromatic rings. The van der Waals surface area contributed by atoms with Crippen LogP contribution < -0.4 is 10.6 Å². The van der Waals surface area contributed by atoms with Gasteiger partial charge in [-0.2, -0.15) is 0 Å². The predicted octanol–water partition coefficient (Wildman–Crippen LogP) is 3.85. The zero-order valence-electron chi connectivity index (χ0n) is 22.4. The number of aliphatic hydroxyl groups excluding tert-OH is 1. The lowest BCUT2D eigenvalue weighted by atomic mass is 9.87. The van der Waals surface area contributed by atoms with Gasteiger partial charge in [-0.3, -0.25) is 14.4 Å². The van der Waals surface area contributed by atoms with Gasteiger partial charge in [-0.25, -0.2) is 0 Å². The zero-order chi connectivity index (χ0) is 27.4. The number of aliphatic hydroxyl groups is 1. The summed E-state index contributed by atoms with van der Waals surface area (Å²) in [6, 6.07) is 9.44. The normalized spacial score (nSPS) is 19.4. The highest BCUT2D eigenvalue weighted by atomic mass is 79.9. The van der Waals surface area contributed by atoms with Gasteiger partial charge in [0, 0.05) is 32.5 Å². The first kappa shape index (κ1) is 33.8. The number of nitrogens with one attached hydrogen (secondary N) is 2. The Kier molecular flexibility index (Phi) is 14.9. The first-order valence-corrected chi connectivity index (χ1v) is 13.1. The zero-order valence-corrected chi connectivity index (χ0v) is 24.9. The van der Waals surface area contributed by atoms with Crippen LogP contribution in [0.25, 0.3) is 0 Å². The first-order chi connectivity index (χ1) is 17.5. The molecule has 0 saturated carbocycles. The lowest BCUT2D eigenvalue weighted by Crippen LogP contribution is -2.56. The molecular formula is C28H40BrClN2O6. The molecule has 0 fully saturated rings. The van der Waals surface area contributed by atoms with Crippen molar-refractivity contribution in [3.63, 3.8) is 0 Å². The van der Waals surface area contributed by atoms with Crippen LogP contribution in [0, 0.1) is 11.8 Å². The Bertz CT molecular complexity index is 969. The van der Waals surface area contributed by atoms with Crippen molar-refractivity contribution in [2.24, 2.45) is 11.8 Å². The maximum atomic E-state index is 12.6. The fourth-order valence-corrected chi connectivity index (χ4v) is 4.15. The number of rotatable bonds is 14. The van der Waals surface area contributed by atoms with Gasteiger partial charge >= 0.3 is 11.9 Å². The van der Waals surface area contributed by atoms with Gasteiger partial charge in [-0.1, -0.05) is 58.0 Å². The minimum Gasteiger partial charge on any atom is -0.450 e. The topological polar surface area (TPSA) is 114 Å². The third-order valence-electron chi connectivity index (χ3n) is 5.61. The number of amides is 1. The summed E-state index contributed by atoms with van der Waals surface area (Å²) in [4.78, 5) is 36.7. The molecule has 212 valence electrons. The molecule has 0 heterocycles. The number of esters is 2. The van der Waals surface area contributed by atoms with E-state index in [4.69, 9.17) is 21.1 Å². The van der Waals surface area contributed by atoms with E-state index in [0.717, 1.165) is 5.56 Å². The summed E-state index contributed by atoms with van der Waals surface area (Å²) in [6.45, 7) is 8.39. The van der Waals surface area contributed by atoms with E-state index in [-0.39, 0.29) is 66.3 Å². The molecule has 38 heavy (non-hydrogen) atoms. The van der Waals surface area contributed by atoms with E-state index in [1.165, 1.54) is 18.2 Å². The lowest BCUT2D eigenvalue weighted by Gasteiger charge is -2.39. The second kappa shape index (κ2) is 16.7. The Balaban J connectivity index is 0.00000722. The molecule has 1 aliphatic carbocycles. The number of carbonyl (C=O) groups is 3. The van der Waals surface area contributed by atoms with Gasteiger partial charge in [0.2, 0.25) is 5.91 Å². The molecule has 1 amide bonds. The Morgan fingerprint density at radius 2 is 1.66 bits per heavy atom. The number of benzene rings is 1. The molecule has 2 rings (SSSR count). The van der Waals surface area contributed by atoms with Gasteiger partial charge in [0.05, 0.1) is 6.42 Å². The molecule has 0 saturated heterocycles. The monoisotopic (exact) mass is 614 g/mol. The van der Waals surface area contributed by atoms with Gasteiger partial charge < -0.3 is 25.2 Å². The quantitative estimate of drug-likeness (QED) is 0.166. The molecule has 1 aliphatic rings. The number of hydrogen-bond donors (Lipinski definition) is 3. The summed E-state index contributed by atoms with van der Waals surface area (Å²) < 4.78 is 11.1. The molecule has 8 nitrogen and oxygen atoms in total. The molecule has 0 spiro atoms. The van der Waals surface area contributed by atoms with Crippen molar-refractivity contribution in [3.05, 3.63) is 59.9 Å². The van der Waals surface area contributed by atoms with Crippen molar-refractivity contribution >= 4 is 46.4 Å². The highest BCUT2D eigenvalue weighted by Gasteiger charge is 2.47. The van der Waals surface area contributed by atoms with Crippen molar-refractivity contribution in [1.29, 1.82) is 0 Å². The molecule has 0 aromatic heterocycles. The Labute approximate surface area is 240 Å². The smallest absolute Gasteiger partial charge is 0.311 e. The van der Waals surface area contributed by atoms with Crippen LogP contribution in [0.5, 0.6) is 0 Å². The van der Waals surface area contributed by atoms with Crippen LogP contribution >= 0.6 is 28.6 Å². The van der Waals surface area contributed by atoms with E-state index in [1.807, 2.05) is 58.0 Å². The maximum absolute atomic E-state index is 12.6. The summed E-state index contributed by atoms with van der Waals surface area (Å²) in [5.41, 5.74) is -0.626. The van der Waals surface area contributed by atoms with Crippen molar-refractivity contribution in [2.45, 2.75) is 64.0 Å². The number of hydrogen-bond acceptors (Lipinski definition) is 7. The van der Waals surface area contributed by atoms with Crippen LogP contribution in [0.4, 0.5) is 0 Å². The number of alkyl halides is 1. The standard InChI is InChI=1S/C28H39ClN2O6.BrH/c1-19(2)14-26(34)36-22-10-11-28(23(29)17-22,37-27(35)15-20(3)4)24(32)18-30-12-13-31-25(33)16-21-8-6-5-7-9-21;/h5-11,17,19-20,23-24,30,32H,12-16,18H2,1-4H3,(H,31,33);1H. The predicted molar refractivity (Wildman–Crippen MR) is 153 cm³/mol. The number of ether oxygens (including phenoxy) is 2. The molecule has 0 bridgehead atoms. The fourth-order valence-electron chi connectivity index (χ4n) is 3.77. The van der Waals surface area contributed by atoms with Crippen molar-refractivity contribution in [3.8, 4) is 0 Å². The Morgan fingerprint density at radius 3 is 2.26 bits per heavy atom. The SMILES string of the molecule is Br.CC(C)CC(=O)OC1=CC(Cl)C(OC(=O)CC(C)C)(C(O)CNCCNC(=O)Cc2ccccc2)C=C1. The Hall–Kier alpha value is -2.20. The second-order valence-electron chi connectivity index (χ2n) is 10.0. The van der Waals surface area contributed by atoms with Gasteiger partial charge in [-0.05, 0) is 35.6 Å². The number of halogens is 2. The third kappa shape index (κ3) is 11.3.